The van der Waals surface area contributed by atoms with Crippen LogP contribution in [0.2, 0.25) is 0 Å². The Morgan fingerprint density at radius 2 is 2.15 bits per heavy atom. The van der Waals surface area contributed by atoms with E-state index >= 15 is 0 Å². The minimum atomic E-state index is -1.17. The molecule has 1 fully saturated rings. The number of fused-ring (bicyclic) bond motifs is 1. The summed E-state index contributed by atoms with van der Waals surface area (Å²) in [6.45, 7) is 4.82. The molecule has 2 aliphatic rings. The van der Waals surface area contributed by atoms with E-state index in [1.165, 1.54) is 35.9 Å². The summed E-state index contributed by atoms with van der Waals surface area (Å²) in [7, 11) is 0. The highest BCUT2D eigenvalue weighted by Crippen LogP contribution is 2.41. The molecule has 0 bridgehead atoms. The molecule has 1 saturated heterocycles. The van der Waals surface area contributed by atoms with Crippen molar-refractivity contribution in [2.24, 2.45) is 5.16 Å². The van der Waals surface area contributed by atoms with Crippen molar-refractivity contribution < 1.29 is 38.6 Å². The number of carbonyl (C=O) groups excluding carboxylic acids is 4. The number of oxime groups is 1. The van der Waals surface area contributed by atoms with E-state index in [1.54, 1.807) is 6.92 Å². The molecule has 0 saturated carbocycles. The summed E-state index contributed by atoms with van der Waals surface area (Å²) in [6, 6.07) is -0.993. The number of nitrogen functional groups attached to an aromatic ring is 1. The summed E-state index contributed by atoms with van der Waals surface area (Å²) >= 11 is 2.37. The number of β-lactam (4-membered cyclic amide) rings is 1. The van der Waals surface area contributed by atoms with Crippen LogP contribution in [0.3, 0.4) is 0 Å². The van der Waals surface area contributed by atoms with E-state index in [-0.39, 0.29) is 23.1 Å². The Morgan fingerprint density at radius 3 is 2.74 bits per heavy atom. The molecule has 0 spiro atoms. The van der Waals surface area contributed by atoms with Gasteiger partial charge in [0, 0.05) is 31.6 Å². The molecule has 15 heteroatoms. The molecular weight excluding hydrogens is 490 g/mol. The molecule has 3 rings (SSSR count). The first-order chi connectivity index (χ1) is 16.2. The van der Waals surface area contributed by atoms with Crippen molar-refractivity contribution in [1.82, 2.24) is 15.2 Å². The van der Waals surface area contributed by atoms with Gasteiger partial charge in [0.25, 0.3) is 11.8 Å². The van der Waals surface area contributed by atoms with Gasteiger partial charge in [-0.2, -0.15) is 0 Å². The van der Waals surface area contributed by atoms with Crippen molar-refractivity contribution in [2.45, 2.75) is 38.5 Å². The second kappa shape index (κ2) is 10.8. The van der Waals surface area contributed by atoms with Gasteiger partial charge in [0.15, 0.2) is 10.8 Å². The molecule has 0 aliphatic carbocycles. The summed E-state index contributed by atoms with van der Waals surface area (Å²) in [5, 5.41) is 15.8. The van der Waals surface area contributed by atoms with Crippen molar-refractivity contribution in [3.8, 4) is 0 Å². The van der Waals surface area contributed by atoms with Gasteiger partial charge in [-0.05, 0) is 12.5 Å². The van der Waals surface area contributed by atoms with Crippen molar-refractivity contribution in [3.05, 3.63) is 22.3 Å². The van der Waals surface area contributed by atoms with E-state index in [2.05, 4.69) is 15.5 Å². The van der Waals surface area contributed by atoms with E-state index in [0.29, 0.717) is 17.9 Å². The zero-order valence-electron chi connectivity index (χ0n) is 18.5. The SMILES string of the molecule is CCOCC1=C(C(=O)OC(C)OC(C)=O)N2C(=O)C(NC(=O)C(=NO)c3csc(N)n3)[C@H]2SC1. The summed E-state index contributed by atoms with van der Waals surface area (Å²) in [5.74, 6) is -2.56. The molecule has 3 atom stereocenters. The summed E-state index contributed by atoms with van der Waals surface area (Å²) in [6.07, 6.45) is -1.17. The number of nitrogens with two attached hydrogens (primary N) is 1. The van der Waals surface area contributed by atoms with E-state index in [1.807, 2.05) is 0 Å². The molecule has 2 amide bonds. The van der Waals surface area contributed by atoms with Crippen LogP contribution in [-0.4, -0.2) is 81.2 Å². The van der Waals surface area contributed by atoms with Crippen molar-refractivity contribution in [1.29, 1.82) is 0 Å². The first kappa shape index (κ1) is 25.5. The lowest BCUT2D eigenvalue weighted by Crippen LogP contribution is -2.71. The van der Waals surface area contributed by atoms with Crippen LogP contribution in [0.15, 0.2) is 21.8 Å². The quantitative estimate of drug-likeness (QED) is 0.101. The third-order valence-electron chi connectivity index (χ3n) is 4.69. The van der Waals surface area contributed by atoms with E-state index in [4.69, 9.17) is 19.9 Å². The second-order valence-corrected chi connectivity index (χ2v) is 9.05. The predicted molar refractivity (Wildman–Crippen MR) is 121 cm³/mol. The van der Waals surface area contributed by atoms with Gasteiger partial charge in [0.05, 0.1) is 6.61 Å². The smallest absolute Gasteiger partial charge is 0.358 e. The Kier molecular flexibility index (Phi) is 8.11. The molecule has 4 N–H and O–H groups in total. The maximum Gasteiger partial charge on any atom is 0.358 e. The Labute approximate surface area is 202 Å². The molecule has 3 heterocycles. The highest BCUT2D eigenvalue weighted by Gasteiger charge is 2.55. The fraction of sp³-hybridized carbons (Fsp3) is 0.474. The van der Waals surface area contributed by atoms with Gasteiger partial charge in [0.2, 0.25) is 6.29 Å². The van der Waals surface area contributed by atoms with Crippen LogP contribution in [-0.2, 0) is 33.4 Å². The largest absolute Gasteiger partial charge is 0.426 e. The molecule has 0 radical (unpaired) electrons. The average Bonchev–Trinajstić information content (AvgIpc) is 3.20. The Bertz CT molecular complexity index is 1060. The van der Waals surface area contributed by atoms with Gasteiger partial charge in [-0.1, -0.05) is 5.16 Å². The van der Waals surface area contributed by atoms with Crippen LogP contribution in [0, 0.1) is 0 Å². The lowest BCUT2D eigenvalue weighted by Gasteiger charge is -2.49. The van der Waals surface area contributed by atoms with Gasteiger partial charge in [0.1, 0.15) is 22.8 Å². The predicted octanol–water partition coefficient (Wildman–Crippen LogP) is 0.0464. The minimum absolute atomic E-state index is 0.0185. The van der Waals surface area contributed by atoms with Gasteiger partial charge in [-0.25, -0.2) is 9.78 Å². The first-order valence-corrected chi connectivity index (χ1v) is 12.0. The molecular formula is C19H23N5O8S2. The van der Waals surface area contributed by atoms with Gasteiger partial charge >= 0.3 is 11.9 Å². The fourth-order valence-corrected chi connectivity index (χ4v) is 5.17. The number of aromatic nitrogens is 1. The number of hydrogen-bond donors (Lipinski definition) is 3. The van der Waals surface area contributed by atoms with Crippen LogP contribution in [0.5, 0.6) is 0 Å². The first-order valence-electron chi connectivity index (χ1n) is 10.0. The van der Waals surface area contributed by atoms with Crippen LogP contribution < -0.4 is 11.1 Å². The van der Waals surface area contributed by atoms with Gasteiger partial charge in [-0.15, -0.1) is 23.1 Å². The minimum Gasteiger partial charge on any atom is -0.426 e. The van der Waals surface area contributed by atoms with E-state index in [0.717, 1.165) is 11.3 Å². The number of ether oxygens (including phenoxy) is 3. The number of nitrogens with zero attached hydrogens (tertiary/aromatic N) is 3. The zero-order valence-corrected chi connectivity index (χ0v) is 20.1. The Hall–Kier alpha value is -3.17. The number of thiazole rings is 1. The topological polar surface area (TPSA) is 183 Å². The number of esters is 2. The number of rotatable bonds is 9. The molecule has 34 heavy (non-hydrogen) atoms. The van der Waals surface area contributed by atoms with E-state index in [9.17, 15) is 24.4 Å². The second-order valence-electron chi connectivity index (χ2n) is 7.05. The number of nitrogens with one attached hydrogen (secondary N) is 1. The van der Waals surface area contributed by atoms with Crippen molar-refractivity contribution >= 4 is 57.7 Å². The number of amides is 2. The normalized spacial score (nSPS) is 20.9. The number of carbonyl (C=O) groups is 4. The molecule has 1 aromatic rings. The summed E-state index contributed by atoms with van der Waals surface area (Å²) in [5.41, 5.74) is 5.73. The highest BCUT2D eigenvalue weighted by atomic mass is 32.2. The summed E-state index contributed by atoms with van der Waals surface area (Å²) in [4.78, 5) is 54.8. The Morgan fingerprint density at radius 1 is 1.41 bits per heavy atom. The van der Waals surface area contributed by atoms with E-state index < -0.39 is 47.2 Å². The molecule has 0 aromatic carbocycles. The van der Waals surface area contributed by atoms with Crippen LogP contribution in [0.4, 0.5) is 5.13 Å². The zero-order chi connectivity index (χ0) is 25.0. The third-order valence-corrected chi connectivity index (χ3v) is 6.71. The number of anilines is 1. The monoisotopic (exact) mass is 513 g/mol. The third kappa shape index (κ3) is 5.31. The molecule has 2 aliphatic heterocycles. The van der Waals surface area contributed by atoms with Crippen LogP contribution >= 0.6 is 23.1 Å². The summed E-state index contributed by atoms with van der Waals surface area (Å²) < 4.78 is 15.4. The molecule has 1 aromatic heterocycles. The van der Waals surface area contributed by atoms with Crippen LogP contribution in [0.1, 0.15) is 26.5 Å². The lowest BCUT2D eigenvalue weighted by molar-refractivity contribution is -0.182. The van der Waals surface area contributed by atoms with Crippen LogP contribution in [0.25, 0.3) is 0 Å². The molecule has 2 unspecified atom stereocenters. The average molecular weight is 514 g/mol. The lowest BCUT2D eigenvalue weighted by atomic mass is 10.0. The maximum atomic E-state index is 13.0. The number of hydrogen-bond acceptors (Lipinski definition) is 13. The molecule has 184 valence electrons. The molecule has 13 nitrogen and oxygen atoms in total. The van der Waals surface area contributed by atoms with Gasteiger partial charge < -0.3 is 30.5 Å². The Balaban J connectivity index is 1.78. The number of thioether (sulfide) groups is 1. The highest BCUT2D eigenvalue weighted by molar-refractivity contribution is 8.00. The fourth-order valence-electron chi connectivity index (χ4n) is 3.29. The maximum absolute atomic E-state index is 13.0. The van der Waals surface area contributed by atoms with Crippen molar-refractivity contribution in [2.75, 3.05) is 24.7 Å². The van der Waals surface area contributed by atoms with Gasteiger partial charge in [-0.3, -0.25) is 19.3 Å². The van der Waals surface area contributed by atoms with Crippen molar-refractivity contribution in [3.63, 3.8) is 0 Å². The standard InChI is InChI=1S/C19H23N5O8S2/c1-4-30-5-10-6-33-17-13(22-15(26)12(23-29)11-7-34-19(20)21-11)16(27)24(17)14(10)18(28)32-9(3)31-8(2)25/h7,9,13,17,29H,4-6H2,1-3H3,(H2,20,21)(H,22,26)/t9?,13?,17-/m1/s1.